The highest BCUT2D eigenvalue weighted by atomic mass is 32.1. The van der Waals surface area contributed by atoms with Crippen molar-refractivity contribution in [2.24, 2.45) is 0 Å². The first-order valence-electron chi connectivity index (χ1n) is 9.07. The number of carbonyl (C=O) groups excluding carboxylic acids is 2. The Morgan fingerprint density at radius 3 is 2.97 bits per heavy atom. The first-order chi connectivity index (χ1) is 14.1. The third-order valence-electron chi connectivity index (χ3n) is 4.68. The van der Waals surface area contributed by atoms with Crippen molar-refractivity contribution in [1.29, 1.82) is 0 Å². The molecular formula is C20H19N5O3S. The second-order valence-corrected chi connectivity index (χ2v) is 7.42. The third kappa shape index (κ3) is 4.40. The molecule has 9 heteroatoms. The smallest absolute Gasteiger partial charge is 0.277 e. The monoisotopic (exact) mass is 409 g/mol. The van der Waals surface area contributed by atoms with E-state index in [1.807, 2.05) is 23.1 Å². The summed E-state index contributed by atoms with van der Waals surface area (Å²) in [5, 5.41) is 4.90. The lowest BCUT2D eigenvalue weighted by atomic mass is 9.99. The summed E-state index contributed by atoms with van der Waals surface area (Å²) < 4.78 is 5.27. The van der Waals surface area contributed by atoms with Crippen molar-refractivity contribution in [3.8, 4) is 5.75 Å². The summed E-state index contributed by atoms with van der Waals surface area (Å²) in [6.07, 6.45) is 5.34. The molecule has 0 saturated carbocycles. The van der Waals surface area contributed by atoms with E-state index in [9.17, 15) is 9.59 Å². The van der Waals surface area contributed by atoms with Crippen LogP contribution in [-0.2, 0) is 24.2 Å². The standard InChI is InChI=1S/C20H19N5O3S/c1-28-16-3-2-14-11-25(7-4-13(14)8-16)18(26)9-15-12-29-20(23-15)24-19(27)17-10-21-5-6-22-17/h2-3,5-6,8,10,12H,4,7,9,11H2,1H3,(H,23,24,27). The van der Waals surface area contributed by atoms with Gasteiger partial charge in [0.25, 0.3) is 5.91 Å². The van der Waals surface area contributed by atoms with Crippen LogP contribution in [0.5, 0.6) is 5.75 Å². The van der Waals surface area contributed by atoms with E-state index in [1.54, 1.807) is 12.5 Å². The molecule has 1 aromatic carbocycles. The van der Waals surface area contributed by atoms with Crippen LogP contribution in [0.3, 0.4) is 0 Å². The molecule has 2 aromatic heterocycles. The normalized spacial score (nSPS) is 12.9. The molecule has 2 amide bonds. The summed E-state index contributed by atoms with van der Waals surface area (Å²) in [5.74, 6) is 0.471. The second kappa shape index (κ2) is 8.36. The fourth-order valence-corrected chi connectivity index (χ4v) is 3.86. The fourth-order valence-electron chi connectivity index (χ4n) is 3.16. The van der Waals surface area contributed by atoms with E-state index < -0.39 is 0 Å². The molecular weight excluding hydrogens is 390 g/mol. The number of nitrogens with one attached hydrogen (secondary N) is 1. The Hall–Kier alpha value is -3.33. The van der Waals surface area contributed by atoms with Crippen molar-refractivity contribution in [1.82, 2.24) is 19.9 Å². The molecule has 0 radical (unpaired) electrons. The van der Waals surface area contributed by atoms with Crippen LogP contribution in [0, 0.1) is 0 Å². The van der Waals surface area contributed by atoms with Gasteiger partial charge in [0.15, 0.2) is 5.13 Å². The first-order valence-corrected chi connectivity index (χ1v) is 9.95. The van der Waals surface area contributed by atoms with E-state index in [0.717, 1.165) is 17.7 Å². The maximum atomic E-state index is 12.7. The molecule has 3 aromatic rings. The summed E-state index contributed by atoms with van der Waals surface area (Å²) in [5.41, 5.74) is 3.20. The highest BCUT2D eigenvalue weighted by Crippen LogP contribution is 2.24. The highest BCUT2D eigenvalue weighted by Gasteiger charge is 2.22. The number of ether oxygens (including phenoxy) is 1. The number of hydrogen-bond donors (Lipinski definition) is 1. The second-order valence-electron chi connectivity index (χ2n) is 6.57. The number of hydrogen-bond acceptors (Lipinski definition) is 7. The molecule has 1 aliphatic heterocycles. The number of fused-ring (bicyclic) bond motifs is 1. The van der Waals surface area contributed by atoms with Gasteiger partial charge in [-0.05, 0) is 29.7 Å². The number of anilines is 1. The molecule has 3 heterocycles. The van der Waals surface area contributed by atoms with Crippen molar-refractivity contribution in [3.05, 3.63) is 64.7 Å². The van der Waals surface area contributed by atoms with E-state index in [-0.39, 0.29) is 23.9 Å². The van der Waals surface area contributed by atoms with Crippen LogP contribution in [0.25, 0.3) is 0 Å². The number of benzene rings is 1. The Bertz CT molecular complexity index is 1040. The third-order valence-corrected chi connectivity index (χ3v) is 5.49. The van der Waals surface area contributed by atoms with Gasteiger partial charge in [0, 0.05) is 30.9 Å². The predicted molar refractivity (Wildman–Crippen MR) is 108 cm³/mol. The van der Waals surface area contributed by atoms with E-state index in [1.165, 1.54) is 35.5 Å². The number of aromatic nitrogens is 3. The molecule has 4 rings (SSSR count). The van der Waals surface area contributed by atoms with E-state index in [4.69, 9.17) is 4.74 Å². The number of rotatable bonds is 5. The molecule has 148 valence electrons. The maximum absolute atomic E-state index is 12.7. The van der Waals surface area contributed by atoms with Gasteiger partial charge >= 0.3 is 0 Å². The fraction of sp³-hybridized carbons (Fsp3) is 0.250. The van der Waals surface area contributed by atoms with Crippen molar-refractivity contribution in [2.75, 3.05) is 19.0 Å². The zero-order valence-electron chi connectivity index (χ0n) is 15.8. The zero-order chi connectivity index (χ0) is 20.2. The van der Waals surface area contributed by atoms with Crippen LogP contribution in [0.15, 0.2) is 42.2 Å². The van der Waals surface area contributed by atoms with Gasteiger partial charge < -0.3 is 9.64 Å². The Labute approximate surface area is 171 Å². The van der Waals surface area contributed by atoms with Gasteiger partial charge in [-0.25, -0.2) is 9.97 Å². The van der Waals surface area contributed by atoms with E-state index in [2.05, 4.69) is 20.3 Å². The van der Waals surface area contributed by atoms with Crippen LogP contribution in [0.4, 0.5) is 5.13 Å². The summed E-state index contributed by atoms with van der Waals surface area (Å²) in [6.45, 7) is 1.25. The number of thiazole rings is 1. The largest absolute Gasteiger partial charge is 0.497 e. The molecule has 0 saturated heterocycles. The highest BCUT2D eigenvalue weighted by molar-refractivity contribution is 7.14. The lowest BCUT2D eigenvalue weighted by Gasteiger charge is -2.29. The summed E-state index contributed by atoms with van der Waals surface area (Å²) in [7, 11) is 1.65. The van der Waals surface area contributed by atoms with Crippen molar-refractivity contribution < 1.29 is 14.3 Å². The molecule has 0 aliphatic carbocycles. The average Bonchev–Trinajstić information content (AvgIpc) is 3.20. The number of methoxy groups -OCH3 is 1. The molecule has 0 unspecified atom stereocenters. The summed E-state index contributed by atoms with van der Waals surface area (Å²) in [4.78, 5) is 38.9. The maximum Gasteiger partial charge on any atom is 0.277 e. The van der Waals surface area contributed by atoms with Crippen molar-refractivity contribution in [2.45, 2.75) is 19.4 Å². The molecule has 0 bridgehead atoms. The van der Waals surface area contributed by atoms with Gasteiger partial charge in [-0.3, -0.25) is 19.9 Å². The van der Waals surface area contributed by atoms with Gasteiger partial charge in [0.05, 0.1) is 25.4 Å². The van der Waals surface area contributed by atoms with Crippen LogP contribution < -0.4 is 10.1 Å². The van der Waals surface area contributed by atoms with Gasteiger partial charge in [0.2, 0.25) is 5.91 Å². The van der Waals surface area contributed by atoms with E-state index in [0.29, 0.717) is 23.9 Å². The lowest BCUT2D eigenvalue weighted by Crippen LogP contribution is -2.37. The van der Waals surface area contributed by atoms with Crippen LogP contribution >= 0.6 is 11.3 Å². The minimum Gasteiger partial charge on any atom is -0.497 e. The predicted octanol–water partition coefficient (Wildman–Crippen LogP) is 2.32. The molecule has 1 aliphatic rings. The average molecular weight is 409 g/mol. The van der Waals surface area contributed by atoms with Crippen LogP contribution in [0.2, 0.25) is 0 Å². The summed E-state index contributed by atoms with van der Waals surface area (Å²) >= 11 is 1.28. The molecule has 29 heavy (non-hydrogen) atoms. The van der Waals surface area contributed by atoms with Crippen molar-refractivity contribution >= 4 is 28.3 Å². The topological polar surface area (TPSA) is 97.3 Å². The molecule has 0 spiro atoms. The Morgan fingerprint density at radius 2 is 2.17 bits per heavy atom. The molecule has 0 atom stereocenters. The van der Waals surface area contributed by atoms with E-state index >= 15 is 0 Å². The number of amides is 2. The number of nitrogens with zero attached hydrogens (tertiary/aromatic N) is 4. The Morgan fingerprint density at radius 1 is 1.28 bits per heavy atom. The Kier molecular flexibility index (Phi) is 5.48. The van der Waals surface area contributed by atoms with Gasteiger partial charge in [-0.15, -0.1) is 11.3 Å². The zero-order valence-corrected chi connectivity index (χ0v) is 16.6. The van der Waals surface area contributed by atoms with Gasteiger partial charge in [0.1, 0.15) is 11.4 Å². The number of carbonyl (C=O) groups is 2. The summed E-state index contributed by atoms with van der Waals surface area (Å²) in [6, 6.07) is 5.96. The van der Waals surface area contributed by atoms with Crippen LogP contribution in [-0.4, -0.2) is 45.3 Å². The minimum absolute atomic E-state index is 0.0172. The van der Waals surface area contributed by atoms with Crippen molar-refractivity contribution in [3.63, 3.8) is 0 Å². The molecule has 1 N–H and O–H groups in total. The minimum atomic E-state index is -0.381. The van der Waals surface area contributed by atoms with Crippen LogP contribution in [0.1, 0.15) is 27.3 Å². The van der Waals surface area contributed by atoms with Gasteiger partial charge in [-0.1, -0.05) is 6.07 Å². The quantitative estimate of drug-likeness (QED) is 0.695. The molecule has 8 nitrogen and oxygen atoms in total. The lowest BCUT2D eigenvalue weighted by molar-refractivity contribution is -0.131. The first kappa shape index (κ1) is 19.0. The molecule has 0 fully saturated rings. The SMILES string of the molecule is COc1ccc2c(c1)CCN(C(=O)Cc1csc(NC(=O)c3cnccn3)n1)C2. The Balaban J connectivity index is 1.36. The van der Waals surface area contributed by atoms with Gasteiger partial charge in [-0.2, -0.15) is 0 Å².